The van der Waals surface area contributed by atoms with Crippen molar-refractivity contribution in [1.82, 2.24) is 5.32 Å². The van der Waals surface area contributed by atoms with Crippen LogP contribution < -0.4 is 5.32 Å². The number of carbonyl (C=O) groups is 2. The maximum absolute atomic E-state index is 12.9. The predicted octanol–water partition coefficient (Wildman–Crippen LogP) is 16.9. The van der Waals surface area contributed by atoms with Crippen molar-refractivity contribution in [2.24, 2.45) is 11.8 Å². The molecule has 0 saturated carbocycles. The molecule has 1 N–H and O–H groups in total. The number of carbonyl (C=O) groups excluding carboxylic acids is 2. The molecule has 0 amide bonds. The number of hydrogen-bond donors (Lipinski definition) is 1. The summed E-state index contributed by atoms with van der Waals surface area (Å²) in [7, 11) is 0. The molecule has 344 valence electrons. The number of nitrogens with one attached hydrogen (secondary N) is 1. The Morgan fingerprint density at radius 1 is 0.448 bits per heavy atom. The maximum atomic E-state index is 12.9. The van der Waals surface area contributed by atoms with Gasteiger partial charge in [-0.1, -0.05) is 233 Å². The van der Waals surface area contributed by atoms with E-state index < -0.39 is 0 Å². The summed E-state index contributed by atoms with van der Waals surface area (Å²) in [4.78, 5) is 26.0. The van der Waals surface area contributed by atoms with Gasteiger partial charge >= 0.3 is 11.9 Å². The standard InChI is InChI=1S/C52H101NO4S/c1-6-9-12-15-18-27-37-46-56-50(54)43-34-25-19-21-29-38-48(40-31-28-36-45-53-52(58)47(4)5)39-30-22-20-26-35-44-51(55)57-49(41-32-23-16-13-10-7-2)42-33-24-17-14-11-8-3/h47-49H,6-46H2,1-5H3,(H,53,58). The van der Waals surface area contributed by atoms with E-state index in [0.29, 0.717) is 25.4 Å². The second-order valence-corrected chi connectivity index (χ2v) is 18.8. The normalized spacial score (nSPS) is 12.1. The van der Waals surface area contributed by atoms with Crippen molar-refractivity contribution in [2.45, 2.75) is 291 Å². The molecule has 0 aliphatic carbocycles. The lowest BCUT2D eigenvalue weighted by molar-refractivity contribution is -0.150. The molecule has 5 nitrogen and oxygen atoms in total. The Labute approximate surface area is 368 Å². The predicted molar refractivity (Wildman–Crippen MR) is 257 cm³/mol. The van der Waals surface area contributed by atoms with E-state index in [-0.39, 0.29) is 18.0 Å². The molecule has 0 spiro atoms. The van der Waals surface area contributed by atoms with E-state index in [2.05, 4.69) is 39.9 Å². The van der Waals surface area contributed by atoms with Gasteiger partial charge in [-0.2, -0.15) is 0 Å². The van der Waals surface area contributed by atoms with E-state index >= 15 is 0 Å². The topological polar surface area (TPSA) is 64.6 Å². The first-order chi connectivity index (χ1) is 28.3. The fraction of sp³-hybridized carbons (Fsp3) is 0.942. The average Bonchev–Trinajstić information content (AvgIpc) is 3.21. The minimum absolute atomic E-state index is 0.00143. The second kappa shape index (κ2) is 45.4. The highest BCUT2D eigenvalue weighted by atomic mass is 32.1. The minimum atomic E-state index is -0.00143. The fourth-order valence-electron chi connectivity index (χ4n) is 8.18. The first kappa shape index (κ1) is 56.8. The Morgan fingerprint density at radius 2 is 0.810 bits per heavy atom. The summed E-state index contributed by atoms with van der Waals surface area (Å²) >= 11 is 5.45. The van der Waals surface area contributed by atoms with Crippen LogP contribution in [0.25, 0.3) is 0 Å². The lowest BCUT2D eigenvalue weighted by atomic mass is 9.89. The van der Waals surface area contributed by atoms with Gasteiger partial charge in [0.25, 0.3) is 0 Å². The molecule has 0 radical (unpaired) electrons. The van der Waals surface area contributed by atoms with Crippen molar-refractivity contribution in [3.63, 3.8) is 0 Å². The SMILES string of the molecule is CCCCCCCCCOC(=O)CCCCCCCC(CCCCCCCC(=O)OC(CCCCCCCC)CCCCCCCC)CCCCCNC(=S)C(C)C. The monoisotopic (exact) mass is 836 g/mol. The van der Waals surface area contributed by atoms with E-state index in [1.165, 1.54) is 193 Å². The smallest absolute Gasteiger partial charge is 0.306 e. The van der Waals surface area contributed by atoms with Crippen LogP contribution in [0.2, 0.25) is 0 Å². The first-order valence-electron chi connectivity index (χ1n) is 26.0. The maximum Gasteiger partial charge on any atom is 0.306 e. The number of esters is 2. The molecule has 0 saturated heterocycles. The van der Waals surface area contributed by atoms with Gasteiger partial charge < -0.3 is 14.8 Å². The molecule has 58 heavy (non-hydrogen) atoms. The van der Waals surface area contributed by atoms with Crippen molar-refractivity contribution >= 4 is 29.1 Å². The van der Waals surface area contributed by atoms with Crippen molar-refractivity contribution in [1.29, 1.82) is 0 Å². The number of thiocarbonyl (C=S) groups is 1. The Morgan fingerprint density at radius 3 is 1.26 bits per heavy atom. The van der Waals surface area contributed by atoms with Gasteiger partial charge in [0.05, 0.1) is 11.6 Å². The zero-order chi connectivity index (χ0) is 42.6. The molecular formula is C52H101NO4S. The molecule has 0 aliphatic heterocycles. The van der Waals surface area contributed by atoms with Gasteiger partial charge in [0.15, 0.2) is 0 Å². The fourth-order valence-corrected chi connectivity index (χ4v) is 8.28. The van der Waals surface area contributed by atoms with E-state index in [0.717, 1.165) is 62.4 Å². The van der Waals surface area contributed by atoms with E-state index in [1.807, 2.05) is 0 Å². The quantitative estimate of drug-likeness (QED) is 0.0374. The molecule has 0 heterocycles. The summed E-state index contributed by atoms with van der Waals surface area (Å²) in [5.41, 5.74) is 0. The third-order valence-electron chi connectivity index (χ3n) is 12.2. The molecule has 0 fully saturated rings. The van der Waals surface area contributed by atoms with Gasteiger partial charge in [0, 0.05) is 25.3 Å². The Balaban J connectivity index is 4.41. The Bertz CT molecular complexity index is 879. The van der Waals surface area contributed by atoms with E-state index in [1.54, 1.807) is 0 Å². The summed E-state index contributed by atoms with van der Waals surface area (Å²) < 4.78 is 11.6. The van der Waals surface area contributed by atoms with Crippen molar-refractivity contribution in [3.05, 3.63) is 0 Å². The van der Waals surface area contributed by atoms with E-state index in [4.69, 9.17) is 21.7 Å². The molecule has 0 aromatic carbocycles. The van der Waals surface area contributed by atoms with Crippen LogP contribution >= 0.6 is 12.2 Å². The number of rotatable bonds is 46. The number of hydrogen-bond acceptors (Lipinski definition) is 5. The molecule has 0 rings (SSSR count). The third kappa shape index (κ3) is 41.6. The van der Waals surface area contributed by atoms with Gasteiger partial charge in [-0.25, -0.2) is 0 Å². The average molecular weight is 836 g/mol. The van der Waals surface area contributed by atoms with E-state index in [9.17, 15) is 9.59 Å². The molecule has 0 aromatic rings. The molecule has 0 aliphatic rings. The highest BCUT2D eigenvalue weighted by molar-refractivity contribution is 7.80. The lowest BCUT2D eigenvalue weighted by Crippen LogP contribution is -2.26. The largest absolute Gasteiger partial charge is 0.466 e. The van der Waals surface area contributed by atoms with Crippen molar-refractivity contribution in [3.8, 4) is 0 Å². The van der Waals surface area contributed by atoms with Crippen LogP contribution in [0.3, 0.4) is 0 Å². The van der Waals surface area contributed by atoms with Crippen LogP contribution in [-0.2, 0) is 19.1 Å². The van der Waals surface area contributed by atoms with Crippen molar-refractivity contribution < 1.29 is 19.1 Å². The molecule has 0 bridgehead atoms. The van der Waals surface area contributed by atoms with Gasteiger partial charge in [-0.05, 0) is 57.3 Å². The van der Waals surface area contributed by atoms with Gasteiger partial charge in [0.1, 0.15) is 6.10 Å². The second-order valence-electron chi connectivity index (χ2n) is 18.3. The molecule has 1 atom stereocenters. The Hall–Kier alpha value is -1.17. The van der Waals surface area contributed by atoms with Gasteiger partial charge in [-0.3, -0.25) is 9.59 Å². The summed E-state index contributed by atoms with van der Waals surface area (Å²) in [5, 5.41) is 3.44. The Kier molecular flexibility index (Phi) is 44.4. The zero-order valence-corrected chi connectivity index (χ0v) is 40.6. The molecular weight excluding hydrogens is 735 g/mol. The summed E-state index contributed by atoms with van der Waals surface area (Å²) in [5.74, 6) is 1.28. The van der Waals surface area contributed by atoms with Gasteiger partial charge in [-0.15, -0.1) is 0 Å². The highest BCUT2D eigenvalue weighted by Crippen LogP contribution is 2.25. The minimum Gasteiger partial charge on any atom is -0.466 e. The summed E-state index contributed by atoms with van der Waals surface area (Å²) in [6, 6.07) is 0. The lowest BCUT2D eigenvalue weighted by Gasteiger charge is -2.18. The number of unbranched alkanes of at least 4 members (excludes halogenated alkanes) is 26. The summed E-state index contributed by atoms with van der Waals surface area (Å²) in [6.07, 6.45) is 47.2. The first-order valence-corrected chi connectivity index (χ1v) is 26.4. The van der Waals surface area contributed by atoms with Crippen LogP contribution in [0.5, 0.6) is 0 Å². The zero-order valence-electron chi connectivity index (χ0n) is 39.8. The molecule has 0 aromatic heterocycles. The molecule has 1 unspecified atom stereocenters. The van der Waals surface area contributed by atoms with Crippen LogP contribution in [-0.4, -0.2) is 36.2 Å². The molecule has 6 heteroatoms. The number of ether oxygens (including phenoxy) is 2. The van der Waals surface area contributed by atoms with Crippen LogP contribution in [0.4, 0.5) is 0 Å². The van der Waals surface area contributed by atoms with Crippen LogP contribution in [0.15, 0.2) is 0 Å². The summed E-state index contributed by atoms with van der Waals surface area (Å²) in [6.45, 7) is 12.7. The third-order valence-corrected chi connectivity index (χ3v) is 12.8. The highest BCUT2D eigenvalue weighted by Gasteiger charge is 2.15. The van der Waals surface area contributed by atoms with Crippen LogP contribution in [0, 0.1) is 11.8 Å². The van der Waals surface area contributed by atoms with Crippen LogP contribution in [0.1, 0.15) is 285 Å². The van der Waals surface area contributed by atoms with Crippen molar-refractivity contribution in [2.75, 3.05) is 13.2 Å². The van der Waals surface area contributed by atoms with Gasteiger partial charge in [0.2, 0.25) is 0 Å².